The molecule has 1 aromatic carbocycles. The third kappa shape index (κ3) is 4.38. The average molecular weight is 406 g/mol. The Balaban J connectivity index is 1.82. The van der Waals surface area contributed by atoms with Crippen molar-refractivity contribution in [2.45, 2.75) is 13.8 Å². The molecule has 0 atom stereocenters. The normalized spacial score (nSPS) is 10.9. The third-order valence-corrected chi connectivity index (χ3v) is 4.68. The molecule has 1 amide bonds. The maximum absolute atomic E-state index is 12.4. The van der Waals surface area contributed by atoms with Crippen LogP contribution in [0, 0.1) is 13.8 Å². The van der Waals surface area contributed by atoms with E-state index in [9.17, 15) is 14.4 Å². The van der Waals surface area contributed by atoms with Crippen LogP contribution < -0.4 is 21.3 Å². The van der Waals surface area contributed by atoms with E-state index < -0.39 is 17.2 Å². The number of pyridine rings is 1. The van der Waals surface area contributed by atoms with Gasteiger partial charge in [-0.2, -0.15) is 0 Å². The smallest absolute Gasteiger partial charge is 0.330 e. The maximum Gasteiger partial charge on any atom is 0.330 e. The van der Waals surface area contributed by atoms with Crippen molar-refractivity contribution in [3.63, 3.8) is 0 Å². The highest BCUT2D eigenvalue weighted by Gasteiger charge is 2.11. The van der Waals surface area contributed by atoms with E-state index in [0.29, 0.717) is 11.4 Å². The molecule has 8 nitrogen and oxygen atoms in total. The fraction of sp³-hybridized carbons (Fsp3) is 0.182. The second-order valence-corrected chi connectivity index (χ2v) is 6.82. The number of nitrogens with one attached hydrogen (secondary N) is 1. The minimum Gasteiger partial charge on any atom is -0.437 e. The van der Waals surface area contributed by atoms with Crippen LogP contribution in [0.5, 0.6) is 11.6 Å². The predicted octanol–water partition coefficient (Wildman–Crippen LogP) is 2.54. The molecule has 2 heterocycles. The molecule has 0 bridgehead atoms. The summed E-state index contributed by atoms with van der Waals surface area (Å²) in [5.41, 5.74) is 1.74. The number of aromatic nitrogens is 3. The molecule has 0 spiro atoms. The Morgan fingerprint density at radius 1 is 1.13 bits per heavy atom. The fourth-order valence-electron chi connectivity index (χ4n) is 2.80. The van der Waals surface area contributed by atoms with Gasteiger partial charge in [0, 0.05) is 32.6 Å². The molecule has 0 fully saturated rings. The van der Waals surface area contributed by atoms with E-state index in [-0.39, 0.29) is 11.4 Å². The highest BCUT2D eigenvalue weighted by atomic mass is 16.5. The topological polar surface area (TPSA) is 95.2 Å². The van der Waals surface area contributed by atoms with Crippen LogP contribution in [-0.2, 0) is 18.9 Å². The Hall–Kier alpha value is -3.94. The second-order valence-electron chi connectivity index (χ2n) is 6.82. The van der Waals surface area contributed by atoms with Crippen LogP contribution in [0.15, 0.2) is 58.4 Å². The quantitative estimate of drug-likeness (QED) is 0.657. The van der Waals surface area contributed by atoms with Gasteiger partial charge in [-0.05, 0) is 49.2 Å². The van der Waals surface area contributed by atoms with Crippen LogP contribution in [0.25, 0.3) is 6.08 Å². The Labute approximate surface area is 173 Å². The number of carbonyl (C=O) groups excluding carboxylic acids is 1. The molecular formula is C22H22N4O4. The van der Waals surface area contributed by atoms with E-state index >= 15 is 0 Å². The molecule has 2 aromatic heterocycles. The zero-order valence-electron chi connectivity index (χ0n) is 17.2. The van der Waals surface area contributed by atoms with Crippen molar-refractivity contribution >= 4 is 17.7 Å². The number of benzene rings is 1. The Bertz CT molecular complexity index is 1250. The first kappa shape index (κ1) is 20.8. The molecule has 1 N–H and O–H groups in total. The summed E-state index contributed by atoms with van der Waals surface area (Å²) in [7, 11) is 2.92. The van der Waals surface area contributed by atoms with Gasteiger partial charge in [-0.1, -0.05) is 12.1 Å². The van der Waals surface area contributed by atoms with Gasteiger partial charge in [0.1, 0.15) is 11.4 Å². The molecule has 0 saturated heterocycles. The molecule has 0 aliphatic rings. The second kappa shape index (κ2) is 8.60. The molecule has 0 saturated carbocycles. The molecule has 3 aromatic rings. The number of anilines is 1. The first-order valence-corrected chi connectivity index (χ1v) is 9.22. The van der Waals surface area contributed by atoms with Crippen molar-refractivity contribution in [3.8, 4) is 11.6 Å². The highest BCUT2D eigenvalue weighted by molar-refractivity contribution is 6.02. The number of rotatable bonds is 5. The van der Waals surface area contributed by atoms with Crippen LogP contribution in [0.3, 0.4) is 0 Å². The largest absolute Gasteiger partial charge is 0.437 e. The third-order valence-electron chi connectivity index (χ3n) is 4.68. The van der Waals surface area contributed by atoms with E-state index in [1.165, 1.54) is 37.0 Å². The van der Waals surface area contributed by atoms with Crippen molar-refractivity contribution in [2.24, 2.45) is 14.1 Å². The van der Waals surface area contributed by atoms with Crippen LogP contribution in [-0.4, -0.2) is 20.0 Å². The van der Waals surface area contributed by atoms with Gasteiger partial charge in [0.05, 0.1) is 5.56 Å². The molecule has 154 valence electrons. The maximum atomic E-state index is 12.4. The van der Waals surface area contributed by atoms with Gasteiger partial charge in [-0.25, -0.2) is 9.78 Å². The van der Waals surface area contributed by atoms with Crippen LogP contribution >= 0.6 is 0 Å². The van der Waals surface area contributed by atoms with Gasteiger partial charge in [0.25, 0.3) is 5.56 Å². The SMILES string of the molecule is Cc1cccc(Oc2ncccc2NC(=O)/C=C/c2cn(C)c(=O)n(C)c2=O)c1C. The number of hydrogen-bond acceptors (Lipinski definition) is 5. The summed E-state index contributed by atoms with van der Waals surface area (Å²) in [6.45, 7) is 3.93. The number of hydrogen-bond donors (Lipinski definition) is 1. The standard InChI is InChI=1S/C22H22N4O4/c1-14-7-5-9-18(15(14)2)30-20-17(8-6-12-23-20)24-19(27)11-10-16-13-25(3)22(29)26(4)21(16)28/h5-13H,1-4H3,(H,24,27)/b11-10+. The number of ether oxygens (including phenoxy) is 1. The zero-order valence-corrected chi connectivity index (χ0v) is 17.2. The van der Waals surface area contributed by atoms with Gasteiger partial charge in [0.15, 0.2) is 0 Å². The van der Waals surface area contributed by atoms with Crippen molar-refractivity contribution in [3.05, 3.63) is 86.3 Å². The number of amides is 1. The molecule has 0 aliphatic heterocycles. The summed E-state index contributed by atoms with van der Waals surface area (Å²) in [6.07, 6.45) is 5.53. The van der Waals surface area contributed by atoms with Gasteiger partial charge >= 0.3 is 5.69 Å². The van der Waals surface area contributed by atoms with Gasteiger partial charge in [-0.3, -0.25) is 14.2 Å². The van der Waals surface area contributed by atoms with E-state index in [1.54, 1.807) is 18.3 Å². The molecule has 3 rings (SSSR count). The molecule has 0 aliphatic carbocycles. The molecule has 0 unspecified atom stereocenters. The van der Waals surface area contributed by atoms with Crippen molar-refractivity contribution in [1.82, 2.24) is 14.1 Å². The summed E-state index contributed by atoms with van der Waals surface area (Å²) < 4.78 is 8.16. The summed E-state index contributed by atoms with van der Waals surface area (Å²) in [5, 5.41) is 2.70. The minimum absolute atomic E-state index is 0.216. The molecule has 0 radical (unpaired) electrons. The molecule has 8 heteroatoms. The molecule has 30 heavy (non-hydrogen) atoms. The van der Waals surface area contributed by atoms with Gasteiger partial charge in [-0.15, -0.1) is 0 Å². The summed E-state index contributed by atoms with van der Waals surface area (Å²) in [5.74, 6) is 0.434. The monoisotopic (exact) mass is 406 g/mol. The fourth-order valence-corrected chi connectivity index (χ4v) is 2.80. The lowest BCUT2D eigenvalue weighted by Gasteiger charge is -2.12. The van der Waals surface area contributed by atoms with Crippen molar-refractivity contribution < 1.29 is 9.53 Å². The van der Waals surface area contributed by atoms with Gasteiger partial charge in [0.2, 0.25) is 11.8 Å². The van der Waals surface area contributed by atoms with E-state index in [1.807, 2.05) is 32.0 Å². The lowest BCUT2D eigenvalue weighted by Crippen LogP contribution is -2.37. The average Bonchev–Trinajstić information content (AvgIpc) is 2.73. The van der Waals surface area contributed by atoms with E-state index in [2.05, 4.69) is 10.3 Å². The Morgan fingerprint density at radius 3 is 2.67 bits per heavy atom. The number of nitrogens with zero attached hydrogens (tertiary/aromatic N) is 3. The van der Waals surface area contributed by atoms with E-state index in [4.69, 9.17) is 4.74 Å². The number of aryl methyl sites for hydroxylation is 2. The Morgan fingerprint density at radius 2 is 1.90 bits per heavy atom. The first-order chi connectivity index (χ1) is 14.3. The number of carbonyl (C=O) groups is 1. The summed E-state index contributed by atoms with van der Waals surface area (Å²) >= 11 is 0. The first-order valence-electron chi connectivity index (χ1n) is 9.22. The van der Waals surface area contributed by atoms with Crippen LogP contribution in [0.1, 0.15) is 16.7 Å². The predicted molar refractivity (Wildman–Crippen MR) is 115 cm³/mol. The van der Waals surface area contributed by atoms with Crippen LogP contribution in [0.2, 0.25) is 0 Å². The Kier molecular flexibility index (Phi) is 5.96. The van der Waals surface area contributed by atoms with E-state index in [0.717, 1.165) is 15.7 Å². The summed E-state index contributed by atoms with van der Waals surface area (Å²) in [4.78, 5) is 40.5. The van der Waals surface area contributed by atoms with Crippen LogP contribution in [0.4, 0.5) is 5.69 Å². The van der Waals surface area contributed by atoms with Crippen molar-refractivity contribution in [2.75, 3.05) is 5.32 Å². The van der Waals surface area contributed by atoms with Crippen molar-refractivity contribution in [1.29, 1.82) is 0 Å². The lowest BCUT2D eigenvalue weighted by molar-refractivity contribution is -0.111. The lowest BCUT2D eigenvalue weighted by atomic mass is 10.1. The summed E-state index contributed by atoms with van der Waals surface area (Å²) in [6, 6.07) is 9.05. The molecular weight excluding hydrogens is 384 g/mol. The zero-order chi connectivity index (χ0) is 21.8. The minimum atomic E-state index is -0.484. The highest BCUT2D eigenvalue weighted by Crippen LogP contribution is 2.30. The van der Waals surface area contributed by atoms with Gasteiger partial charge < -0.3 is 14.6 Å².